The quantitative estimate of drug-likeness (QED) is 0.290. The number of piperidine rings is 1. The van der Waals surface area contributed by atoms with Crippen molar-refractivity contribution >= 4 is 29.9 Å². The highest BCUT2D eigenvalue weighted by Gasteiger charge is 2.22. The first kappa shape index (κ1) is 25.9. The lowest BCUT2D eigenvalue weighted by Crippen LogP contribution is -2.47. The van der Waals surface area contributed by atoms with Crippen LogP contribution in [0.2, 0.25) is 0 Å². The molecular weight excluding hydrogens is 529 g/mol. The number of ether oxygens (including phenoxy) is 1. The fraction of sp³-hybridized carbons (Fsp3) is 0.625. The van der Waals surface area contributed by atoms with Gasteiger partial charge in [-0.3, -0.25) is 4.90 Å². The summed E-state index contributed by atoms with van der Waals surface area (Å²) < 4.78 is 7.16. The predicted octanol–water partition coefficient (Wildman–Crippen LogP) is 3.10. The number of likely N-dealkylation sites (tertiary alicyclic amines) is 1. The molecular formula is C24H38IN7O. The van der Waals surface area contributed by atoms with Gasteiger partial charge in [-0.1, -0.05) is 30.7 Å². The maximum absolute atomic E-state index is 5.16. The number of hydrogen-bond donors (Lipinski definition) is 2. The minimum Gasteiger partial charge on any atom is -0.377 e. The van der Waals surface area contributed by atoms with Gasteiger partial charge in [0, 0.05) is 32.7 Å². The normalized spacial score (nSPS) is 19.0. The molecule has 182 valence electrons. The molecule has 1 aromatic carbocycles. The molecule has 0 spiro atoms. The van der Waals surface area contributed by atoms with Gasteiger partial charge < -0.3 is 15.4 Å². The zero-order valence-corrected chi connectivity index (χ0v) is 22.3. The summed E-state index contributed by atoms with van der Waals surface area (Å²) in [6.07, 6.45) is 5.97. The van der Waals surface area contributed by atoms with Crippen molar-refractivity contribution in [1.29, 1.82) is 0 Å². The zero-order valence-electron chi connectivity index (χ0n) is 19.9. The lowest BCUT2D eigenvalue weighted by atomic mass is 10.1. The summed E-state index contributed by atoms with van der Waals surface area (Å²) in [6.45, 7) is 8.37. The molecule has 1 unspecified atom stereocenters. The van der Waals surface area contributed by atoms with E-state index in [1.165, 1.54) is 43.5 Å². The van der Waals surface area contributed by atoms with E-state index >= 15 is 0 Å². The topological polar surface area (TPSA) is 79.6 Å². The van der Waals surface area contributed by atoms with Crippen LogP contribution in [0.25, 0.3) is 0 Å². The lowest BCUT2D eigenvalue weighted by Gasteiger charge is -2.26. The van der Waals surface area contributed by atoms with E-state index in [4.69, 9.17) is 9.73 Å². The Balaban J connectivity index is 0.00000306. The van der Waals surface area contributed by atoms with Gasteiger partial charge in [0.25, 0.3) is 0 Å². The number of hydrogen-bond acceptors (Lipinski definition) is 5. The van der Waals surface area contributed by atoms with Gasteiger partial charge in [0.05, 0.1) is 13.1 Å². The summed E-state index contributed by atoms with van der Waals surface area (Å²) in [5.41, 5.74) is 2.62. The maximum Gasteiger partial charge on any atom is 0.191 e. The fourth-order valence-electron chi connectivity index (χ4n) is 4.48. The Morgan fingerprint density at radius 1 is 1.15 bits per heavy atom. The number of fused-ring (bicyclic) bond motifs is 1. The second-order valence-electron chi connectivity index (χ2n) is 8.79. The molecule has 2 aromatic rings. The van der Waals surface area contributed by atoms with Gasteiger partial charge in [-0.2, -0.15) is 5.10 Å². The van der Waals surface area contributed by atoms with Crippen molar-refractivity contribution in [3.8, 4) is 0 Å². The van der Waals surface area contributed by atoms with E-state index in [1.54, 1.807) is 7.11 Å². The third kappa shape index (κ3) is 7.65. The predicted molar refractivity (Wildman–Crippen MR) is 142 cm³/mol. The minimum atomic E-state index is 0. The number of aliphatic imine (C=N–C) groups is 1. The highest BCUT2D eigenvalue weighted by Crippen LogP contribution is 2.15. The number of aryl methyl sites for hydroxylation is 1. The van der Waals surface area contributed by atoms with Gasteiger partial charge in [0.2, 0.25) is 0 Å². The molecule has 0 bridgehead atoms. The first-order valence-corrected chi connectivity index (χ1v) is 12.0. The Morgan fingerprint density at radius 2 is 1.91 bits per heavy atom. The molecule has 1 fully saturated rings. The monoisotopic (exact) mass is 567 g/mol. The smallest absolute Gasteiger partial charge is 0.191 e. The second kappa shape index (κ2) is 13.2. The van der Waals surface area contributed by atoms with Gasteiger partial charge in [-0.25, -0.2) is 14.7 Å². The van der Waals surface area contributed by atoms with Crippen LogP contribution in [-0.4, -0.2) is 58.4 Å². The highest BCUT2D eigenvalue weighted by molar-refractivity contribution is 14.0. The Labute approximate surface area is 214 Å². The summed E-state index contributed by atoms with van der Waals surface area (Å²) in [4.78, 5) is 12.0. The Morgan fingerprint density at radius 3 is 2.64 bits per heavy atom. The van der Waals surface area contributed by atoms with Crippen LogP contribution in [-0.2, 0) is 37.4 Å². The molecule has 2 aliphatic rings. The van der Waals surface area contributed by atoms with Crippen LogP contribution >= 0.6 is 24.0 Å². The summed E-state index contributed by atoms with van der Waals surface area (Å²) in [5.74, 6) is 2.66. The summed E-state index contributed by atoms with van der Waals surface area (Å²) in [6, 6.07) is 9.22. The van der Waals surface area contributed by atoms with Gasteiger partial charge in [-0.15, -0.1) is 24.0 Å². The Bertz CT molecular complexity index is 877. The molecule has 2 aliphatic heterocycles. The van der Waals surface area contributed by atoms with E-state index in [9.17, 15) is 0 Å². The number of nitrogens with zero attached hydrogens (tertiary/aromatic N) is 5. The summed E-state index contributed by atoms with van der Waals surface area (Å²) in [7, 11) is 1.67. The molecule has 9 heteroatoms. The first-order chi connectivity index (χ1) is 15.7. The number of aromatic nitrogens is 3. The van der Waals surface area contributed by atoms with Crippen molar-refractivity contribution in [2.75, 3.05) is 26.7 Å². The molecule has 8 nitrogen and oxygen atoms in total. The second-order valence-corrected chi connectivity index (χ2v) is 8.79. The number of benzene rings is 1. The van der Waals surface area contributed by atoms with Crippen LogP contribution in [0, 0.1) is 0 Å². The molecule has 3 heterocycles. The standard InChI is InChI=1S/C24H37N7O.HI/c1-3-25-24(27-21-11-12-23-28-22(18-32-2)29-31(23)17-21)26-15-19-7-9-20(10-8-19)16-30-13-5-4-6-14-30;/h7-10,21H,3-6,11-18H2,1-2H3,(H2,25,26,27);1H. The molecule has 1 aromatic heterocycles. The van der Waals surface area contributed by atoms with Crippen molar-refractivity contribution in [2.45, 2.75) is 71.3 Å². The minimum absolute atomic E-state index is 0. The van der Waals surface area contributed by atoms with E-state index < -0.39 is 0 Å². The van der Waals surface area contributed by atoms with Gasteiger partial charge in [0.15, 0.2) is 11.8 Å². The van der Waals surface area contributed by atoms with E-state index in [0.717, 1.165) is 50.1 Å². The van der Waals surface area contributed by atoms with Crippen LogP contribution in [0.5, 0.6) is 0 Å². The van der Waals surface area contributed by atoms with Crippen molar-refractivity contribution in [2.24, 2.45) is 4.99 Å². The lowest BCUT2D eigenvalue weighted by molar-refractivity contribution is 0.177. The number of halogens is 1. The van der Waals surface area contributed by atoms with E-state index in [1.807, 2.05) is 4.68 Å². The molecule has 0 saturated carbocycles. The Kier molecular flexibility index (Phi) is 10.4. The molecule has 0 radical (unpaired) electrons. The number of methoxy groups -OCH3 is 1. The zero-order chi connectivity index (χ0) is 22.2. The van der Waals surface area contributed by atoms with Crippen LogP contribution in [0.15, 0.2) is 29.3 Å². The molecule has 2 N–H and O–H groups in total. The summed E-state index contributed by atoms with van der Waals surface area (Å²) in [5, 5.41) is 11.5. The van der Waals surface area contributed by atoms with E-state index in [-0.39, 0.29) is 30.0 Å². The van der Waals surface area contributed by atoms with Crippen molar-refractivity contribution in [3.05, 3.63) is 47.0 Å². The third-order valence-corrected chi connectivity index (χ3v) is 6.16. The SMILES string of the molecule is CCNC(=NCc1ccc(CN2CCCCC2)cc1)NC1CCc2nc(COC)nn2C1.I. The fourth-order valence-corrected chi connectivity index (χ4v) is 4.48. The van der Waals surface area contributed by atoms with Crippen molar-refractivity contribution in [1.82, 2.24) is 30.3 Å². The average molecular weight is 568 g/mol. The molecule has 33 heavy (non-hydrogen) atoms. The van der Waals surface area contributed by atoms with Gasteiger partial charge in [0.1, 0.15) is 12.4 Å². The molecule has 1 saturated heterocycles. The van der Waals surface area contributed by atoms with Crippen molar-refractivity contribution in [3.63, 3.8) is 0 Å². The molecule has 0 aliphatic carbocycles. The largest absolute Gasteiger partial charge is 0.377 e. The van der Waals surface area contributed by atoms with E-state index in [2.05, 4.69) is 56.8 Å². The number of rotatable bonds is 8. The van der Waals surface area contributed by atoms with E-state index in [0.29, 0.717) is 13.2 Å². The average Bonchev–Trinajstić information content (AvgIpc) is 3.21. The van der Waals surface area contributed by atoms with Crippen LogP contribution in [0.1, 0.15) is 55.4 Å². The number of guanidine groups is 1. The van der Waals surface area contributed by atoms with Crippen molar-refractivity contribution < 1.29 is 4.74 Å². The van der Waals surface area contributed by atoms with Crippen LogP contribution in [0.4, 0.5) is 0 Å². The maximum atomic E-state index is 5.16. The first-order valence-electron chi connectivity index (χ1n) is 12.0. The van der Waals surface area contributed by atoms with Crippen LogP contribution < -0.4 is 10.6 Å². The summed E-state index contributed by atoms with van der Waals surface area (Å²) >= 11 is 0. The highest BCUT2D eigenvalue weighted by atomic mass is 127. The van der Waals surface area contributed by atoms with Gasteiger partial charge in [-0.05, 0) is 50.4 Å². The molecule has 1 atom stereocenters. The number of nitrogens with one attached hydrogen (secondary N) is 2. The Hall–Kier alpha value is -1.72. The van der Waals surface area contributed by atoms with Gasteiger partial charge >= 0.3 is 0 Å². The molecule has 4 rings (SSSR count). The van der Waals surface area contributed by atoms with Crippen LogP contribution in [0.3, 0.4) is 0 Å². The third-order valence-electron chi connectivity index (χ3n) is 6.16. The molecule has 0 amide bonds.